The topological polar surface area (TPSA) is 17.1 Å². The molecule has 0 aromatic rings. The smallest absolute Gasteiger partial charge is 0.299 e. The van der Waals surface area contributed by atoms with Crippen molar-refractivity contribution in [3.8, 4) is 0 Å². The number of ketones is 1. The van der Waals surface area contributed by atoms with Crippen LogP contribution in [0.25, 0.3) is 0 Å². The van der Waals surface area contributed by atoms with Crippen LogP contribution in [0, 0.1) is 5.41 Å². The molecular formula is C13H21F3O. The second kappa shape index (κ2) is 6.82. The zero-order valence-corrected chi connectivity index (χ0v) is 10.6. The Kier molecular flexibility index (Phi) is 6.50. The Morgan fingerprint density at radius 2 is 1.82 bits per heavy atom. The second-order valence-electron chi connectivity index (χ2n) is 4.44. The molecule has 0 spiro atoms. The predicted molar refractivity (Wildman–Crippen MR) is 62.7 cm³/mol. The molecule has 0 bridgehead atoms. The maximum absolute atomic E-state index is 13.1. The Labute approximate surface area is 101 Å². The summed E-state index contributed by atoms with van der Waals surface area (Å²) in [5.41, 5.74) is -2.22. The summed E-state index contributed by atoms with van der Waals surface area (Å²) in [6.45, 7) is 6.35. The van der Waals surface area contributed by atoms with Gasteiger partial charge in [-0.05, 0) is 19.8 Å². The van der Waals surface area contributed by atoms with E-state index in [0.29, 0.717) is 6.42 Å². The van der Waals surface area contributed by atoms with Gasteiger partial charge in [0.15, 0.2) is 0 Å². The zero-order valence-electron chi connectivity index (χ0n) is 10.6. The van der Waals surface area contributed by atoms with Gasteiger partial charge in [0.1, 0.15) is 11.2 Å². The molecule has 0 saturated heterocycles. The number of halogens is 3. The van der Waals surface area contributed by atoms with Gasteiger partial charge in [0.2, 0.25) is 0 Å². The van der Waals surface area contributed by atoms with Gasteiger partial charge in [-0.2, -0.15) is 13.2 Å². The number of carbonyl (C=O) groups is 1. The molecule has 0 aliphatic heterocycles. The standard InChI is InChI=1S/C13H21F3O/c1-4-6-7-8-10-12(9-5-2,11(3)17)13(14,15)16/h5H,2,4,6-10H2,1,3H3. The van der Waals surface area contributed by atoms with Crippen molar-refractivity contribution >= 4 is 5.78 Å². The first kappa shape index (κ1) is 16.2. The molecule has 4 heteroatoms. The molecule has 17 heavy (non-hydrogen) atoms. The number of rotatable bonds is 8. The maximum atomic E-state index is 13.1. The summed E-state index contributed by atoms with van der Waals surface area (Å²) in [6, 6.07) is 0. The summed E-state index contributed by atoms with van der Waals surface area (Å²) in [7, 11) is 0. The lowest BCUT2D eigenvalue weighted by Crippen LogP contribution is -2.43. The molecule has 0 rings (SSSR count). The Balaban J connectivity index is 4.80. The first-order chi connectivity index (χ1) is 7.81. The molecule has 0 aromatic carbocycles. The fourth-order valence-electron chi connectivity index (χ4n) is 1.98. The van der Waals surface area contributed by atoms with Crippen molar-refractivity contribution < 1.29 is 18.0 Å². The SMILES string of the molecule is C=CCC(CCCCCC)(C(C)=O)C(F)(F)F. The number of alkyl halides is 3. The Morgan fingerprint density at radius 3 is 2.18 bits per heavy atom. The third kappa shape index (κ3) is 4.17. The van der Waals surface area contributed by atoms with Crippen LogP contribution in [0.3, 0.4) is 0 Å². The van der Waals surface area contributed by atoms with Crippen LogP contribution in [0.5, 0.6) is 0 Å². The molecule has 0 N–H and O–H groups in total. The summed E-state index contributed by atoms with van der Waals surface area (Å²) < 4.78 is 39.2. The van der Waals surface area contributed by atoms with Crippen LogP contribution < -0.4 is 0 Å². The van der Waals surface area contributed by atoms with Gasteiger partial charge in [-0.1, -0.05) is 38.7 Å². The lowest BCUT2D eigenvalue weighted by Gasteiger charge is -2.32. The summed E-state index contributed by atoms with van der Waals surface area (Å²) in [5.74, 6) is -0.804. The third-order valence-corrected chi connectivity index (χ3v) is 3.17. The summed E-state index contributed by atoms with van der Waals surface area (Å²) >= 11 is 0. The largest absolute Gasteiger partial charge is 0.401 e. The zero-order chi connectivity index (χ0) is 13.5. The van der Waals surface area contributed by atoms with Crippen molar-refractivity contribution in [2.45, 2.75) is 58.5 Å². The van der Waals surface area contributed by atoms with Crippen LogP contribution in [0.4, 0.5) is 13.2 Å². The fraction of sp³-hybridized carbons (Fsp3) is 0.769. The van der Waals surface area contributed by atoms with E-state index in [1.54, 1.807) is 0 Å². The molecule has 0 fully saturated rings. The van der Waals surface area contributed by atoms with Gasteiger partial charge in [0.25, 0.3) is 0 Å². The number of Topliss-reactive ketones (excluding diaryl/α,β-unsaturated/α-hetero) is 1. The van der Waals surface area contributed by atoms with Crippen LogP contribution in [-0.2, 0) is 4.79 Å². The highest BCUT2D eigenvalue weighted by atomic mass is 19.4. The Hall–Kier alpha value is -0.800. The summed E-state index contributed by atoms with van der Waals surface area (Å²) in [5, 5.41) is 0. The monoisotopic (exact) mass is 250 g/mol. The van der Waals surface area contributed by atoms with Gasteiger partial charge < -0.3 is 0 Å². The van der Waals surface area contributed by atoms with Crippen molar-refractivity contribution in [2.75, 3.05) is 0 Å². The average Bonchev–Trinajstić information content (AvgIpc) is 2.20. The first-order valence-electron chi connectivity index (χ1n) is 6.00. The van der Waals surface area contributed by atoms with Crippen LogP contribution in [0.1, 0.15) is 52.4 Å². The van der Waals surface area contributed by atoms with Gasteiger partial charge in [0.05, 0.1) is 0 Å². The Bertz CT molecular complexity index is 258. The molecule has 1 nitrogen and oxygen atoms in total. The minimum absolute atomic E-state index is 0.127. The second-order valence-corrected chi connectivity index (χ2v) is 4.44. The van der Waals surface area contributed by atoms with E-state index in [1.807, 2.05) is 6.92 Å². The molecule has 0 radical (unpaired) electrons. The lowest BCUT2D eigenvalue weighted by atomic mass is 9.75. The van der Waals surface area contributed by atoms with Gasteiger partial charge in [-0.15, -0.1) is 6.58 Å². The normalized spacial score (nSPS) is 15.4. The maximum Gasteiger partial charge on any atom is 0.401 e. The van der Waals surface area contributed by atoms with E-state index in [9.17, 15) is 18.0 Å². The predicted octanol–water partition coefficient (Wildman–Crippen LogP) is 4.67. The van der Waals surface area contributed by atoms with E-state index in [0.717, 1.165) is 26.2 Å². The molecule has 0 aliphatic carbocycles. The molecule has 0 saturated carbocycles. The van der Waals surface area contributed by atoms with Crippen LogP contribution >= 0.6 is 0 Å². The van der Waals surface area contributed by atoms with Crippen molar-refractivity contribution in [2.24, 2.45) is 5.41 Å². The fourth-order valence-corrected chi connectivity index (χ4v) is 1.98. The number of hydrogen-bond acceptors (Lipinski definition) is 1. The van der Waals surface area contributed by atoms with Gasteiger partial charge in [0, 0.05) is 0 Å². The highest BCUT2D eigenvalue weighted by Gasteiger charge is 2.56. The molecule has 0 aliphatic rings. The van der Waals surface area contributed by atoms with E-state index in [2.05, 4.69) is 6.58 Å². The van der Waals surface area contributed by atoms with Crippen molar-refractivity contribution in [3.63, 3.8) is 0 Å². The number of unbranched alkanes of at least 4 members (excludes halogenated alkanes) is 3. The van der Waals surface area contributed by atoms with Gasteiger partial charge in [-0.25, -0.2) is 0 Å². The summed E-state index contributed by atoms with van der Waals surface area (Å²) in [4.78, 5) is 11.4. The van der Waals surface area contributed by atoms with Crippen molar-refractivity contribution in [3.05, 3.63) is 12.7 Å². The Morgan fingerprint density at radius 1 is 1.24 bits per heavy atom. The van der Waals surface area contributed by atoms with Crippen molar-refractivity contribution in [1.29, 1.82) is 0 Å². The number of allylic oxidation sites excluding steroid dienone is 1. The molecule has 0 aromatic heterocycles. The van der Waals surface area contributed by atoms with E-state index in [-0.39, 0.29) is 12.8 Å². The third-order valence-electron chi connectivity index (χ3n) is 3.17. The van der Waals surface area contributed by atoms with Gasteiger partial charge >= 0.3 is 6.18 Å². The van der Waals surface area contributed by atoms with Gasteiger partial charge in [-0.3, -0.25) is 4.79 Å². The van der Waals surface area contributed by atoms with Crippen molar-refractivity contribution in [1.82, 2.24) is 0 Å². The molecule has 0 amide bonds. The first-order valence-corrected chi connectivity index (χ1v) is 6.00. The quantitative estimate of drug-likeness (QED) is 0.452. The molecular weight excluding hydrogens is 229 g/mol. The molecule has 1 atom stereocenters. The summed E-state index contributed by atoms with van der Waals surface area (Å²) in [6.07, 6.45) is -0.718. The number of carbonyl (C=O) groups excluding carboxylic acids is 1. The molecule has 100 valence electrons. The van der Waals surface area contributed by atoms with E-state index in [1.165, 1.54) is 6.08 Å². The lowest BCUT2D eigenvalue weighted by molar-refractivity contribution is -0.221. The average molecular weight is 250 g/mol. The van der Waals surface area contributed by atoms with Crippen LogP contribution in [0.15, 0.2) is 12.7 Å². The molecule has 1 unspecified atom stereocenters. The highest BCUT2D eigenvalue weighted by Crippen LogP contribution is 2.46. The van der Waals surface area contributed by atoms with E-state index >= 15 is 0 Å². The number of hydrogen-bond donors (Lipinski definition) is 0. The highest BCUT2D eigenvalue weighted by molar-refractivity contribution is 5.83. The minimum Gasteiger partial charge on any atom is -0.299 e. The van der Waals surface area contributed by atoms with Crippen LogP contribution in [0.2, 0.25) is 0 Å². The van der Waals surface area contributed by atoms with Crippen LogP contribution in [-0.4, -0.2) is 12.0 Å². The van der Waals surface area contributed by atoms with E-state index < -0.39 is 17.4 Å². The molecule has 0 heterocycles. The van der Waals surface area contributed by atoms with E-state index in [4.69, 9.17) is 0 Å². The minimum atomic E-state index is -4.49.